The van der Waals surface area contributed by atoms with E-state index in [-0.39, 0.29) is 6.54 Å². The third kappa shape index (κ3) is 8.96. The molecule has 3 amide bonds. The summed E-state index contributed by atoms with van der Waals surface area (Å²) in [6, 6.07) is 24.9. The molecule has 0 radical (unpaired) electrons. The van der Waals surface area contributed by atoms with Crippen LogP contribution < -0.4 is 15.4 Å². The van der Waals surface area contributed by atoms with Crippen molar-refractivity contribution in [2.45, 2.75) is 32.5 Å². The lowest BCUT2D eigenvalue weighted by molar-refractivity contribution is -0.140. The topological polar surface area (TPSA) is 104 Å². The van der Waals surface area contributed by atoms with Gasteiger partial charge in [0.25, 0.3) is 5.91 Å². The molecule has 0 fully saturated rings. The molecule has 4 aromatic rings. The Kier molecular flexibility index (Phi) is 9.87. The van der Waals surface area contributed by atoms with Gasteiger partial charge in [0.1, 0.15) is 36.0 Å². The van der Waals surface area contributed by atoms with E-state index < -0.39 is 48.4 Å². The first-order valence-corrected chi connectivity index (χ1v) is 13.5. The van der Waals surface area contributed by atoms with Crippen LogP contribution in [0, 0.1) is 0 Å². The molecule has 1 aromatic heterocycles. The van der Waals surface area contributed by atoms with Gasteiger partial charge in [0, 0.05) is 12.2 Å². The molecule has 0 saturated carbocycles. The maximum absolute atomic E-state index is 13.1. The minimum absolute atomic E-state index is 0.172. The summed E-state index contributed by atoms with van der Waals surface area (Å²) < 4.78 is 45.1. The largest absolute Gasteiger partial charge is 0.457 e. The van der Waals surface area contributed by atoms with Gasteiger partial charge in [-0.05, 0) is 65.6 Å². The molecule has 0 aliphatic carbocycles. The molecule has 11 heteroatoms. The van der Waals surface area contributed by atoms with Gasteiger partial charge in [-0.25, -0.2) is 0 Å². The smallest absolute Gasteiger partial charge is 0.431 e. The summed E-state index contributed by atoms with van der Waals surface area (Å²) in [6.45, 7) is 3.23. The van der Waals surface area contributed by atoms with Gasteiger partial charge >= 0.3 is 6.18 Å². The van der Waals surface area contributed by atoms with E-state index in [9.17, 15) is 27.6 Å². The summed E-state index contributed by atoms with van der Waals surface area (Å²) in [5.74, 6) is -0.590. The molecular weight excluding hydrogens is 561 g/mol. The van der Waals surface area contributed by atoms with Gasteiger partial charge in [-0.15, -0.1) is 0 Å². The average molecular weight is 593 g/mol. The predicted molar refractivity (Wildman–Crippen MR) is 156 cm³/mol. The lowest BCUT2D eigenvalue weighted by atomic mass is 10.0. The van der Waals surface area contributed by atoms with Gasteiger partial charge in [0.05, 0.1) is 0 Å². The first-order valence-electron chi connectivity index (χ1n) is 13.5. The van der Waals surface area contributed by atoms with Crippen LogP contribution in [0.15, 0.2) is 91.0 Å². The predicted octanol–water partition coefficient (Wildman–Crippen LogP) is 6.35. The second kappa shape index (κ2) is 13.7. The van der Waals surface area contributed by atoms with Crippen molar-refractivity contribution in [1.29, 1.82) is 0 Å². The Morgan fingerprint density at radius 3 is 2.00 bits per heavy atom. The van der Waals surface area contributed by atoms with Gasteiger partial charge in [-0.3, -0.25) is 14.4 Å². The van der Waals surface area contributed by atoms with Crippen molar-refractivity contribution >= 4 is 23.4 Å². The van der Waals surface area contributed by atoms with E-state index in [1.54, 1.807) is 48.5 Å². The van der Waals surface area contributed by atoms with Crippen molar-refractivity contribution in [3.63, 3.8) is 0 Å². The van der Waals surface area contributed by atoms with Gasteiger partial charge in [0.2, 0.25) is 11.8 Å². The van der Waals surface area contributed by atoms with Crippen LogP contribution in [-0.4, -0.2) is 40.7 Å². The Labute approximate surface area is 246 Å². The number of halogens is 3. The Bertz CT molecular complexity index is 1530. The summed E-state index contributed by atoms with van der Waals surface area (Å²) >= 11 is 0. The number of amides is 3. The minimum Gasteiger partial charge on any atom is -0.457 e. The first kappa shape index (κ1) is 30.9. The number of benzene rings is 3. The molecule has 3 aromatic carbocycles. The number of carbonyl (C=O) groups is 3. The summed E-state index contributed by atoms with van der Waals surface area (Å²) in [4.78, 5) is 41.6. The fourth-order valence-electron chi connectivity index (χ4n) is 4.12. The Morgan fingerprint density at radius 2 is 1.42 bits per heavy atom. The molecule has 8 nitrogen and oxygen atoms in total. The van der Waals surface area contributed by atoms with Crippen molar-refractivity contribution in [2.24, 2.45) is 0 Å². The standard InChI is InChI=1S/C32H31F3N4O4/c1-21(2)23-8-12-25(13-9-23)43-26-14-10-24(11-15-26)37-30(41)20-39(19-29(40)36-18-22-6-4-3-5-7-22)31(42)27-16-17-28(38-27)32(33,34)35/h3-17,21,38H,18-20H2,1-2H3,(H,36,40)(H,37,41). The molecule has 0 aliphatic heterocycles. The second-order valence-corrected chi connectivity index (χ2v) is 10.1. The Morgan fingerprint density at radius 1 is 0.814 bits per heavy atom. The van der Waals surface area contributed by atoms with Crippen LogP contribution in [0.1, 0.15) is 47.1 Å². The first-order chi connectivity index (χ1) is 20.5. The number of nitrogens with zero attached hydrogens (tertiary/aromatic N) is 1. The number of rotatable bonds is 11. The van der Waals surface area contributed by atoms with Crippen LogP contribution in [0.2, 0.25) is 0 Å². The van der Waals surface area contributed by atoms with Gasteiger partial charge in [0.15, 0.2) is 0 Å². The molecule has 3 N–H and O–H groups in total. The maximum Gasteiger partial charge on any atom is 0.431 e. The zero-order chi connectivity index (χ0) is 31.0. The molecule has 0 unspecified atom stereocenters. The van der Waals surface area contributed by atoms with Crippen molar-refractivity contribution in [3.05, 3.63) is 114 Å². The highest BCUT2D eigenvalue weighted by atomic mass is 19.4. The van der Waals surface area contributed by atoms with E-state index in [0.717, 1.165) is 22.6 Å². The van der Waals surface area contributed by atoms with Gasteiger partial charge in [-0.1, -0.05) is 56.3 Å². The maximum atomic E-state index is 13.1. The molecule has 0 saturated heterocycles. The van der Waals surface area contributed by atoms with Crippen LogP contribution in [0.3, 0.4) is 0 Å². The Hall–Kier alpha value is -5.06. The number of alkyl halides is 3. The minimum atomic E-state index is -4.69. The molecule has 224 valence electrons. The van der Waals surface area contributed by atoms with E-state index in [2.05, 4.69) is 24.5 Å². The number of aromatic amines is 1. The van der Waals surface area contributed by atoms with Crippen molar-refractivity contribution in [1.82, 2.24) is 15.2 Å². The number of H-pyrrole nitrogens is 1. The zero-order valence-corrected chi connectivity index (χ0v) is 23.6. The number of ether oxygens (including phenoxy) is 1. The van der Waals surface area contributed by atoms with Gasteiger partial charge < -0.3 is 25.3 Å². The molecule has 0 aliphatic rings. The lowest BCUT2D eigenvalue weighted by Gasteiger charge is -2.21. The van der Waals surface area contributed by atoms with Gasteiger partial charge in [-0.2, -0.15) is 13.2 Å². The normalized spacial score (nSPS) is 11.2. The number of nitrogens with one attached hydrogen (secondary N) is 3. The monoisotopic (exact) mass is 592 g/mol. The second-order valence-electron chi connectivity index (χ2n) is 10.1. The fraction of sp³-hybridized carbons (Fsp3) is 0.219. The molecule has 43 heavy (non-hydrogen) atoms. The number of anilines is 1. The molecule has 0 atom stereocenters. The van der Waals surface area contributed by atoms with E-state index in [1.165, 1.54) is 5.56 Å². The highest BCUT2D eigenvalue weighted by molar-refractivity contribution is 6.00. The Balaban J connectivity index is 1.40. The summed E-state index contributed by atoms with van der Waals surface area (Å²) in [5, 5.41) is 5.29. The van der Waals surface area contributed by atoms with E-state index in [0.29, 0.717) is 23.1 Å². The van der Waals surface area contributed by atoms with Crippen molar-refractivity contribution < 1.29 is 32.3 Å². The number of hydrogen-bond acceptors (Lipinski definition) is 4. The number of hydrogen-bond donors (Lipinski definition) is 3. The third-order valence-corrected chi connectivity index (χ3v) is 6.43. The molecule has 0 bridgehead atoms. The summed E-state index contributed by atoms with van der Waals surface area (Å²) in [7, 11) is 0. The highest BCUT2D eigenvalue weighted by Gasteiger charge is 2.33. The van der Waals surface area contributed by atoms with Crippen molar-refractivity contribution in [3.8, 4) is 11.5 Å². The van der Waals surface area contributed by atoms with Crippen LogP contribution in [0.25, 0.3) is 0 Å². The number of carbonyl (C=O) groups excluding carboxylic acids is 3. The van der Waals surface area contributed by atoms with E-state index >= 15 is 0 Å². The van der Waals surface area contributed by atoms with Crippen LogP contribution in [0.5, 0.6) is 11.5 Å². The van der Waals surface area contributed by atoms with Crippen LogP contribution in [0.4, 0.5) is 18.9 Å². The van der Waals surface area contributed by atoms with E-state index in [4.69, 9.17) is 4.74 Å². The lowest BCUT2D eigenvalue weighted by Crippen LogP contribution is -2.44. The fourth-order valence-corrected chi connectivity index (χ4v) is 4.12. The molecule has 0 spiro atoms. The average Bonchev–Trinajstić information content (AvgIpc) is 3.49. The highest BCUT2D eigenvalue weighted by Crippen LogP contribution is 2.28. The van der Waals surface area contributed by atoms with E-state index in [1.807, 2.05) is 35.3 Å². The quantitative estimate of drug-likeness (QED) is 0.189. The number of aromatic nitrogens is 1. The summed E-state index contributed by atoms with van der Waals surface area (Å²) in [5.41, 5.74) is 0.868. The van der Waals surface area contributed by atoms with Crippen LogP contribution in [-0.2, 0) is 22.3 Å². The summed E-state index contributed by atoms with van der Waals surface area (Å²) in [6.07, 6.45) is -4.69. The molecule has 1 heterocycles. The third-order valence-electron chi connectivity index (χ3n) is 6.43. The van der Waals surface area contributed by atoms with Crippen LogP contribution >= 0.6 is 0 Å². The SMILES string of the molecule is CC(C)c1ccc(Oc2ccc(NC(=O)CN(CC(=O)NCc3ccccc3)C(=O)c3ccc(C(F)(F)F)[nH]3)cc2)cc1. The zero-order valence-electron chi connectivity index (χ0n) is 23.6. The van der Waals surface area contributed by atoms with Crippen molar-refractivity contribution in [2.75, 3.05) is 18.4 Å². The molecular formula is C32H31F3N4O4. The molecule has 4 rings (SSSR count).